The van der Waals surface area contributed by atoms with Crippen molar-refractivity contribution in [1.29, 1.82) is 0 Å². The summed E-state index contributed by atoms with van der Waals surface area (Å²) >= 11 is 0. The minimum absolute atomic E-state index is 0.169. The van der Waals surface area contributed by atoms with E-state index in [4.69, 9.17) is 23.7 Å². The topological polar surface area (TPSA) is 95.2 Å². The van der Waals surface area contributed by atoms with Crippen LogP contribution in [0.15, 0.2) is 45.6 Å². The number of hydrogen-bond acceptors (Lipinski definition) is 6. The summed E-state index contributed by atoms with van der Waals surface area (Å²) in [5.74, 6) is 1.03. The zero-order valence-electron chi connectivity index (χ0n) is 16.1. The predicted molar refractivity (Wildman–Crippen MR) is 106 cm³/mol. The van der Waals surface area contributed by atoms with Crippen molar-refractivity contribution in [3.63, 3.8) is 0 Å². The number of aliphatic carboxylic acids is 1. The van der Waals surface area contributed by atoms with Crippen molar-refractivity contribution in [2.75, 3.05) is 13.2 Å². The third-order valence-corrected chi connectivity index (χ3v) is 4.75. The lowest BCUT2D eigenvalue weighted by molar-refractivity contribution is -0.144. The number of carboxylic acid groups (broad SMARTS) is 1. The molecule has 0 amide bonds. The summed E-state index contributed by atoms with van der Waals surface area (Å²) in [5.41, 5.74) is 1.35. The van der Waals surface area contributed by atoms with Gasteiger partial charge in [-0.05, 0) is 36.8 Å². The molecule has 1 aliphatic heterocycles. The van der Waals surface area contributed by atoms with Crippen LogP contribution in [0, 0.1) is 0 Å². The number of ether oxygens (including phenoxy) is 3. The predicted octanol–water partition coefficient (Wildman–Crippen LogP) is 3.65. The summed E-state index contributed by atoms with van der Waals surface area (Å²) in [6, 6.07) is 10.1. The molecule has 1 atom stereocenters. The maximum Gasteiger partial charge on any atom is 0.344 e. The molecule has 150 valence electrons. The van der Waals surface area contributed by atoms with Crippen molar-refractivity contribution in [2.45, 2.75) is 26.4 Å². The quantitative estimate of drug-likeness (QED) is 0.703. The highest BCUT2D eigenvalue weighted by Gasteiger charge is 2.20. The lowest BCUT2D eigenvalue weighted by Crippen LogP contribution is -2.22. The van der Waals surface area contributed by atoms with Crippen LogP contribution in [0.4, 0.5) is 0 Å². The van der Waals surface area contributed by atoms with E-state index in [9.17, 15) is 9.59 Å². The third-order valence-electron chi connectivity index (χ3n) is 4.75. The maximum absolute atomic E-state index is 13.3. The summed E-state index contributed by atoms with van der Waals surface area (Å²) < 4.78 is 22.6. The zero-order chi connectivity index (χ0) is 20.5. The Hall–Kier alpha value is -3.48. The smallest absolute Gasteiger partial charge is 0.344 e. The van der Waals surface area contributed by atoms with Gasteiger partial charge in [0.1, 0.15) is 30.3 Å². The molecule has 4 rings (SSSR count). The van der Waals surface area contributed by atoms with Gasteiger partial charge >= 0.3 is 5.97 Å². The van der Waals surface area contributed by atoms with Crippen LogP contribution in [0.2, 0.25) is 0 Å². The standard InChI is InChI=1S/C22H20O7/c1-3-16-20(13-4-7-17-19(10-13)27-9-8-26-17)21(23)15-6-5-14(11-18(15)29-16)28-12(2)22(24)25/h4-7,10-12H,3,8-9H2,1-2H3,(H,24,25)/t12-/m0/s1. The Morgan fingerprint density at radius 3 is 2.62 bits per heavy atom. The number of carbonyl (C=O) groups is 1. The van der Waals surface area contributed by atoms with Crippen molar-refractivity contribution in [3.05, 3.63) is 52.4 Å². The molecule has 1 N–H and O–H groups in total. The normalized spacial score (nSPS) is 13.9. The number of benzene rings is 2. The molecule has 0 aliphatic carbocycles. The fraction of sp³-hybridized carbons (Fsp3) is 0.273. The molecular formula is C22H20O7. The van der Waals surface area contributed by atoms with Gasteiger partial charge in [-0.15, -0.1) is 0 Å². The van der Waals surface area contributed by atoms with Gasteiger partial charge in [-0.3, -0.25) is 4.79 Å². The summed E-state index contributed by atoms with van der Waals surface area (Å²) in [6.07, 6.45) is -0.507. The molecule has 2 heterocycles. The van der Waals surface area contributed by atoms with E-state index in [0.29, 0.717) is 64.7 Å². The van der Waals surface area contributed by atoms with E-state index < -0.39 is 12.1 Å². The van der Waals surface area contributed by atoms with Gasteiger partial charge in [0, 0.05) is 12.5 Å². The molecule has 0 spiro atoms. The zero-order valence-corrected chi connectivity index (χ0v) is 16.1. The minimum Gasteiger partial charge on any atom is -0.486 e. The number of hydrogen-bond donors (Lipinski definition) is 1. The second kappa shape index (κ2) is 7.50. The molecule has 7 heteroatoms. The molecule has 29 heavy (non-hydrogen) atoms. The molecule has 0 unspecified atom stereocenters. The molecule has 1 aromatic heterocycles. The van der Waals surface area contributed by atoms with Crippen LogP contribution >= 0.6 is 0 Å². The van der Waals surface area contributed by atoms with Gasteiger partial charge in [0.2, 0.25) is 5.43 Å². The molecule has 1 aliphatic rings. The summed E-state index contributed by atoms with van der Waals surface area (Å²) in [5, 5.41) is 9.40. The van der Waals surface area contributed by atoms with Gasteiger partial charge < -0.3 is 23.7 Å². The van der Waals surface area contributed by atoms with Gasteiger partial charge in [-0.25, -0.2) is 4.79 Å². The fourth-order valence-electron chi connectivity index (χ4n) is 3.29. The fourth-order valence-corrected chi connectivity index (χ4v) is 3.29. The van der Waals surface area contributed by atoms with E-state index in [-0.39, 0.29) is 5.43 Å². The average molecular weight is 396 g/mol. The second-order valence-corrected chi connectivity index (χ2v) is 6.70. The van der Waals surface area contributed by atoms with Crippen LogP contribution in [0.3, 0.4) is 0 Å². The largest absolute Gasteiger partial charge is 0.486 e. The molecule has 0 radical (unpaired) electrons. The molecular weight excluding hydrogens is 376 g/mol. The van der Waals surface area contributed by atoms with Gasteiger partial charge in [-0.2, -0.15) is 0 Å². The Labute approximate surface area is 166 Å². The highest BCUT2D eigenvalue weighted by Crippen LogP contribution is 2.35. The van der Waals surface area contributed by atoms with E-state index in [1.807, 2.05) is 13.0 Å². The first-order valence-corrected chi connectivity index (χ1v) is 9.37. The molecule has 7 nitrogen and oxygen atoms in total. The molecule has 2 aromatic carbocycles. The second-order valence-electron chi connectivity index (χ2n) is 6.70. The summed E-state index contributed by atoms with van der Waals surface area (Å²) in [7, 11) is 0. The third kappa shape index (κ3) is 3.51. The van der Waals surface area contributed by atoms with Crippen LogP contribution in [0.1, 0.15) is 19.6 Å². The van der Waals surface area contributed by atoms with E-state index >= 15 is 0 Å². The first-order valence-electron chi connectivity index (χ1n) is 9.37. The van der Waals surface area contributed by atoms with Gasteiger partial charge in [0.05, 0.1) is 10.9 Å². The lowest BCUT2D eigenvalue weighted by Gasteiger charge is -2.19. The highest BCUT2D eigenvalue weighted by molar-refractivity contribution is 5.84. The Morgan fingerprint density at radius 2 is 1.90 bits per heavy atom. The number of aryl methyl sites for hydroxylation is 1. The van der Waals surface area contributed by atoms with Crippen molar-refractivity contribution >= 4 is 16.9 Å². The molecule has 0 fully saturated rings. The molecule has 0 saturated heterocycles. The van der Waals surface area contributed by atoms with Crippen LogP contribution in [0.5, 0.6) is 17.2 Å². The minimum atomic E-state index is -1.07. The van der Waals surface area contributed by atoms with E-state index in [2.05, 4.69) is 0 Å². The Kier molecular flexibility index (Phi) is 4.88. The first-order chi connectivity index (χ1) is 14.0. The maximum atomic E-state index is 13.3. The van der Waals surface area contributed by atoms with Crippen molar-refractivity contribution in [3.8, 4) is 28.4 Å². The van der Waals surface area contributed by atoms with Crippen molar-refractivity contribution < 1.29 is 28.5 Å². The van der Waals surface area contributed by atoms with Gasteiger partial charge in [0.15, 0.2) is 17.6 Å². The van der Waals surface area contributed by atoms with Gasteiger partial charge in [-0.1, -0.05) is 13.0 Å². The van der Waals surface area contributed by atoms with E-state index in [1.54, 1.807) is 30.3 Å². The van der Waals surface area contributed by atoms with Gasteiger partial charge in [0.25, 0.3) is 0 Å². The molecule has 3 aromatic rings. The van der Waals surface area contributed by atoms with Crippen molar-refractivity contribution in [2.24, 2.45) is 0 Å². The van der Waals surface area contributed by atoms with Crippen LogP contribution in [-0.4, -0.2) is 30.4 Å². The SMILES string of the molecule is CCc1oc2cc(O[C@@H](C)C(=O)O)ccc2c(=O)c1-c1ccc2c(c1)OCCO2. The summed E-state index contributed by atoms with van der Waals surface area (Å²) in [4.78, 5) is 24.3. The Balaban J connectivity index is 1.82. The summed E-state index contributed by atoms with van der Waals surface area (Å²) in [6.45, 7) is 4.29. The van der Waals surface area contributed by atoms with Crippen LogP contribution in [0.25, 0.3) is 22.1 Å². The number of fused-ring (bicyclic) bond motifs is 2. The van der Waals surface area contributed by atoms with Crippen LogP contribution < -0.4 is 19.6 Å². The van der Waals surface area contributed by atoms with Crippen LogP contribution in [-0.2, 0) is 11.2 Å². The highest BCUT2D eigenvalue weighted by atomic mass is 16.6. The molecule has 0 saturated carbocycles. The van der Waals surface area contributed by atoms with Crippen molar-refractivity contribution in [1.82, 2.24) is 0 Å². The molecule has 0 bridgehead atoms. The van der Waals surface area contributed by atoms with E-state index in [1.165, 1.54) is 6.92 Å². The monoisotopic (exact) mass is 396 g/mol. The Morgan fingerprint density at radius 1 is 1.14 bits per heavy atom. The average Bonchev–Trinajstić information content (AvgIpc) is 2.73. The number of carboxylic acids is 1. The lowest BCUT2D eigenvalue weighted by atomic mass is 10.0. The first kappa shape index (κ1) is 18.9. The Bertz CT molecular complexity index is 1150. The van der Waals surface area contributed by atoms with E-state index in [0.717, 1.165) is 0 Å². The number of rotatable bonds is 5.